The first kappa shape index (κ1) is 14.1. The van der Waals surface area contributed by atoms with Crippen LogP contribution in [0.3, 0.4) is 0 Å². The summed E-state index contributed by atoms with van der Waals surface area (Å²) in [4.78, 5) is 16.2. The van der Waals surface area contributed by atoms with Crippen LogP contribution >= 0.6 is 0 Å². The van der Waals surface area contributed by atoms with E-state index in [9.17, 15) is 18.0 Å². The molecule has 0 spiro atoms. The molecule has 112 valence electrons. The molecule has 0 aliphatic rings. The number of aryl methyl sites for hydroxylation is 1. The molecule has 0 aliphatic heterocycles. The average Bonchev–Trinajstić information content (AvgIpc) is 2.87. The molecule has 1 N–H and O–H groups in total. The number of carbonyl (C=O) groups excluding carboxylic acids is 1. The van der Waals surface area contributed by atoms with Gasteiger partial charge in [0.05, 0.1) is 11.4 Å². The topological polar surface area (TPSA) is 59.3 Å². The van der Waals surface area contributed by atoms with E-state index in [0.29, 0.717) is 11.3 Å². The van der Waals surface area contributed by atoms with Gasteiger partial charge in [-0.15, -0.1) is 0 Å². The van der Waals surface area contributed by atoms with Crippen molar-refractivity contribution in [3.63, 3.8) is 0 Å². The fraction of sp³-hybridized carbons (Fsp3) is 0.0714. The predicted molar refractivity (Wildman–Crippen MR) is 72.0 cm³/mol. The van der Waals surface area contributed by atoms with Crippen molar-refractivity contribution in [1.29, 1.82) is 0 Å². The van der Waals surface area contributed by atoms with E-state index in [1.807, 2.05) is 0 Å². The van der Waals surface area contributed by atoms with E-state index in [2.05, 4.69) is 15.4 Å². The highest BCUT2D eigenvalue weighted by Gasteiger charge is 2.18. The maximum Gasteiger partial charge on any atom is 0.274 e. The molecular weight excluding hydrogens is 297 g/mol. The first-order valence-electron chi connectivity index (χ1n) is 6.23. The monoisotopic (exact) mass is 306 g/mol. The van der Waals surface area contributed by atoms with Crippen LogP contribution in [-0.4, -0.2) is 20.5 Å². The van der Waals surface area contributed by atoms with Crippen molar-refractivity contribution in [2.24, 2.45) is 0 Å². The third kappa shape index (κ3) is 2.28. The van der Waals surface area contributed by atoms with Crippen molar-refractivity contribution in [2.75, 3.05) is 5.32 Å². The second-order valence-electron chi connectivity index (χ2n) is 4.56. The molecule has 2 aromatic heterocycles. The van der Waals surface area contributed by atoms with Crippen molar-refractivity contribution in [3.05, 3.63) is 59.3 Å². The summed E-state index contributed by atoms with van der Waals surface area (Å²) in [5, 5.41) is 6.28. The van der Waals surface area contributed by atoms with E-state index in [4.69, 9.17) is 0 Å². The quantitative estimate of drug-likeness (QED) is 0.741. The van der Waals surface area contributed by atoms with E-state index < -0.39 is 29.0 Å². The number of carbonyl (C=O) groups is 1. The number of nitrogens with zero attached hydrogens (tertiary/aromatic N) is 3. The predicted octanol–water partition coefficient (Wildman–Crippen LogP) is 2.71. The summed E-state index contributed by atoms with van der Waals surface area (Å²) < 4.78 is 40.9. The van der Waals surface area contributed by atoms with Crippen molar-refractivity contribution in [1.82, 2.24) is 14.6 Å². The summed E-state index contributed by atoms with van der Waals surface area (Å²) >= 11 is 0. The van der Waals surface area contributed by atoms with Gasteiger partial charge in [0, 0.05) is 12.3 Å². The Bertz CT molecular complexity index is 891. The first-order valence-corrected chi connectivity index (χ1v) is 6.23. The maximum atomic E-state index is 13.6. The van der Waals surface area contributed by atoms with Crippen LogP contribution in [0.2, 0.25) is 0 Å². The third-order valence-corrected chi connectivity index (χ3v) is 3.00. The van der Waals surface area contributed by atoms with Gasteiger partial charge in [0.2, 0.25) is 0 Å². The molecule has 8 heteroatoms. The number of hydrogen-bond acceptors (Lipinski definition) is 3. The Morgan fingerprint density at radius 1 is 1.18 bits per heavy atom. The molecule has 0 saturated heterocycles. The number of halogens is 3. The Morgan fingerprint density at radius 2 is 1.95 bits per heavy atom. The van der Waals surface area contributed by atoms with Gasteiger partial charge in [-0.1, -0.05) is 0 Å². The molecule has 0 radical (unpaired) electrons. The van der Waals surface area contributed by atoms with E-state index in [0.717, 1.165) is 12.1 Å². The van der Waals surface area contributed by atoms with Crippen molar-refractivity contribution < 1.29 is 18.0 Å². The zero-order valence-electron chi connectivity index (χ0n) is 11.3. The van der Waals surface area contributed by atoms with Gasteiger partial charge in [0.15, 0.2) is 23.1 Å². The standard InChI is InChI=1S/C14H9F3N4O/c1-7-6-11-18-5-4-10(21(11)20-7)14(22)19-9-3-2-8(15)12(16)13(9)17/h2-6H,1H3,(H,19,22). The van der Waals surface area contributed by atoms with Crippen molar-refractivity contribution >= 4 is 17.2 Å². The Kier molecular flexibility index (Phi) is 3.28. The SMILES string of the molecule is Cc1cc2nccc(C(=O)Nc3ccc(F)c(F)c3F)n2n1. The largest absolute Gasteiger partial charge is 0.318 e. The van der Waals surface area contributed by atoms with Gasteiger partial charge in [-0.25, -0.2) is 22.7 Å². The molecule has 22 heavy (non-hydrogen) atoms. The maximum absolute atomic E-state index is 13.6. The summed E-state index contributed by atoms with van der Waals surface area (Å²) in [5.41, 5.74) is 0.711. The molecule has 0 aliphatic carbocycles. The zero-order chi connectivity index (χ0) is 15.9. The molecular formula is C14H9F3N4O. The van der Waals surface area contributed by atoms with Crippen LogP contribution in [0.1, 0.15) is 16.2 Å². The Hall–Kier alpha value is -2.90. The Morgan fingerprint density at radius 3 is 2.73 bits per heavy atom. The number of aromatic nitrogens is 3. The van der Waals surface area contributed by atoms with Crippen LogP contribution in [-0.2, 0) is 0 Å². The van der Waals surface area contributed by atoms with Gasteiger partial charge in [-0.2, -0.15) is 5.10 Å². The number of rotatable bonds is 2. The van der Waals surface area contributed by atoms with Crippen molar-refractivity contribution in [2.45, 2.75) is 6.92 Å². The average molecular weight is 306 g/mol. The van der Waals surface area contributed by atoms with E-state index in [1.54, 1.807) is 13.0 Å². The number of amides is 1. The molecule has 0 unspecified atom stereocenters. The van der Waals surface area contributed by atoms with Gasteiger partial charge < -0.3 is 5.32 Å². The molecule has 3 aromatic rings. The molecule has 0 bridgehead atoms. The number of anilines is 1. The first-order chi connectivity index (χ1) is 10.5. The molecule has 0 fully saturated rings. The fourth-order valence-corrected chi connectivity index (χ4v) is 1.99. The minimum absolute atomic E-state index is 0.0854. The highest BCUT2D eigenvalue weighted by atomic mass is 19.2. The molecule has 1 aromatic carbocycles. The summed E-state index contributed by atoms with van der Waals surface area (Å²) in [6, 6.07) is 4.72. The number of benzene rings is 1. The summed E-state index contributed by atoms with van der Waals surface area (Å²) in [7, 11) is 0. The van der Waals surface area contributed by atoms with E-state index in [1.165, 1.54) is 16.8 Å². The van der Waals surface area contributed by atoms with Crippen molar-refractivity contribution in [3.8, 4) is 0 Å². The van der Waals surface area contributed by atoms with Crippen LogP contribution in [0, 0.1) is 24.4 Å². The number of fused-ring (bicyclic) bond motifs is 1. The molecule has 5 nitrogen and oxygen atoms in total. The lowest BCUT2D eigenvalue weighted by Gasteiger charge is -2.08. The lowest BCUT2D eigenvalue weighted by atomic mass is 10.2. The van der Waals surface area contributed by atoms with Crippen LogP contribution in [0.15, 0.2) is 30.5 Å². The second kappa shape index (κ2) is 5.14. The number of hydrogen-bond donors (Lipinski definition) is 1. The van der Waals surface area contributed by atoms with Gasteiger partial charge in [0.1, 0.15) is 5.69 Å². The Labute approximate surface area is 122 Å². The Balaban J connectivity index is 1.99. The fourth-order valence-electron chi connectivity index (χ4n) is 1.99. The molecule has 3 rings (SSSR count). The molecule has 0 atom stereocenters. The minimum Gasteiger partial charge on any atom is -0.318 e. The molecule has 1 amide bonds. The summed E-state index contributed by atoms with van der Waals surface area (Å²) in [6.07, 6.45) is 1.40. The van der Waals surface area contributed by atoms with Crippen LogP contribution in [0.5, 0.6) is 0 Å². The van der Waals surface area contributed by atoms with Gasteiger partial charge in [-0.05, 0) is 25.1 Å². The molecule has 2 heterocycles. The molecule has 0 saturated carbocycles. The number of nitrogens with one attached hydrogen (secondary N) is 1. The van der Waals surface area contributed by atoms with Gasteiger partial charge >= 0.3 is 0 Å². The summed E-state index contributed by atoms with van der Waals surface area (Å²) in [6.45, 7) is 1.73. The van der Waals surface area contributed by atoms with E-state index >= 15 is 0 Å². The second-order valence-corrected chi connectivity index (χ2v) is 4.56. The normalized spacial score (nSPS) is 10.9. The van der Waals surface area contributed by atoms with Gasteiger partial charge in [0.25, 0.3) is 5.91 Å². The lowest BCUT2D eigenvalue weighted by Crippen LogP contribution is -2.18. The van der Waals surface area contributed by atoms with Crippen LogP contribution < -0.4 is 5.32 Å². The van der Waals surface area contributed by atoms with Crippen LogP contribution in [0.25, 0.3) is 5.65 Å². The highest BCUT2D eigenvalue weighted by Crippen LogP contribution is 2.20. The summed E-state index contributed by atoms with van der Waals surface area (Å²) in [5.74, 6) is -5.16. The van der Waals surface area contributed by atoms with E-state index in [-0.39, 0.29) is 5.69 Å². The third-order valence-electron chi connectivity index (χ3n) is 3.00. The van der Waals surface area contributed by atoms with Gasteiger partial charge in [-0.3, -0.25) is 4.79 Å². The lowest BCUT2D eigenvalue weighted by molar-refractivity contribution is 0.101. The zero-order valence-corrected chi connectivity index (χ0v) is 11.3. The van der Waals surface area contributed by atoms with Crippen LogP contribution in [0.4, 0.5) is 18.9 Å². The smallest absolute Gasteiger partial charge is 0.274 e. The highest BCUT2D eigenvalue weighted by molar-refractivity contribution is 6.03. The minimum atomic E-state index is -1.65.